The van der Waals surface area contributed by atoms with Crippen molar-refractivity contribution >= 4 is 29.1 Å². The fourth-order valence-corrected chi connectivity index (χ4v) is 3.61. The number of aromatic nitrogens is 1. The maximum absolute atomic E-state index is 11.1. The average molecular weight is 317 g/mol. The first-order chi connectivity index (χ1) is 10.2. The standard InChI is InChI=1S/C15H11NO3S2/c1-20-15-10(7-12(21-15)14(17)18)13-16-11(8-19-13)9-5-3-2-4-6-9/h2-8H,1H3,(H,17,18). The predicted octanol–water partition coefficient (Wildman–Crippen LogP) is 4.49. The van der Waals surface area contributed by atoms with Crippen LogP contribution in [0.4, 0.5) is 0 Å². The van der Waals surface area contributed by atoms with Gasteiger partial charge in [-0.2, -0.15) is 0 Å². The van der Waals surface area contributed by atoms with E-state index in [4.69, 9.17) is 9.52 Å². The number of hydrogen-bond acceptors (Lipinski definition) is 5. The van der Waals surface area contributed by atoms with Crippen LogP contribution in [-0.2, 0) is 0 Å². The van der Waals surface area contributed by atoms with Gasteiger partial charge in [0.15, 0.2) is 0 Å². The van der Waals surface area contributed by atoms with E-state index < -0.39 is 5.97 Å². The number of thiophene rings is 1. The van der Waals surface area contributed by atoms with Gasteiger partial charge in [-0.3, -0.25) is 0 Å². The Balaban J connectivity index is 2.02. The van der Waals surface area contributed by atoms with Crippen LogP contribution in [0, 0.1) is 0 Å². The molecule has 0 radical (unpaired) electrons. The first-order valence-electron chi connectivity index (χ1n) is 6.11. The summed E-state index contributed by atoms with van der Waals surface area (Å²) in [4.78, 5) is 15.8. The highest BCUT2D eigenvalue weighted by molar-refractivity contribution is 8.00. The van der Waals surface area contributed by atoms with Crippen LogP contribution < -0.4 is 0 Å². The zero-order chi connectivity index (χ0) is 14.8. The molecule has 0 fully saturated rings. The molecule has 0 aliphatic rings. The third-order valence-corrected chi connectivity index (χ3v) is 5.16. The molecule has 1 aromatic carbocycles. The lowest BCUT2D eigenvalue weighted by atomic mass is 10.2. The topological polar surface area (TPSA) is 63.3 Å². The van der Waals surface area contributed by atoms with E-state index >= 15 is 0 Å². The van der Waals surface area contributed by atoms with Crippen LogP contribution in [0.2, 0.25) is 0 Å². The molecule has 3 aromatic rings. The van der Waals surface area contributed by atoms with Gasteiger partial charge in [0, 0.05) is 5.56 Å². The quantitative estimate of drug-likeness (QED) is 0.718. The first-order valence-corrected chi connectivity index (χ1v) is 8.15. The van der Waals surface area contributed by atoms with E-state index in [0.29, 0.717) is 5.89 Å². The predicted molar refractivity (Wildman–Crippen MR) is 84.0 cm³/mol. The first kappa shape index (κ1) is 13.9. The Morgan fingerprint density at radius 3 is 2.76 bits per heavy atom. The van der Waals surface area contributed by atoms with Crippen LogP contribution in [0.1, 0.15) is 9.67 Å². The Morgan fingerprint density at radius 2 is 2.10 bits per heavy atom. The normalized spacial score (nSPS) is 10.7. The number of carboxylic acid groups (broad SMARTS) is 1. The molecule has 2 heterocycles. The Kier molecular flexibility index (Phi) is 3.81. The van der Waals surface area contributed by atoms with Gasteiger partial charge in [0.05, 0.1) is 9.77 Å². The van der Waals surface area contributed by atoms with E-state index in [-0.39, 0.29) is 4.88 Å². The Morgan fingerprint density at radius 1 is 1.33 bits per heavy atom. The summed E-state index contributed by atoms with van der Waals surface area (Å²) in [6.07, 6.45) is 3.49. The Bertz CT molecular complexity index is 777. The molecule has 0 unspecified atom stereocenters. The molecule has 0 aliphatic heterocycles. The van der Waals surface area contributed by atoms with Gasteiger partial charge >= 0.3 is 5.97 Å². The highest BCUT2D eigenvalue weighted by Crippen LogP contribution is 2.38. The molecule has 0 aliphatic carbocycles. The maximum Gasteiger partial charge on any atom is 0.345 e. The van der Waals surface area contributed by atoms with Gasteiger partial charge in [0.2, 0.25) is 5.89 Å². The van der Waals surface area contributed by atoms with Gasteiger partial charge in [0.25, 0.3) is 0 Å². The molecule has 3 rings (SSSR count). The van der Waals surface area contributed by atoms with Crippen molar-refractivity contribution in [3.63, 3.8) is 0 Å². The van der Waals surface area contributed by atoms with Crippen LogP contribution in [0.5, 0.6) is 0 Å². The number of nitrogens with zero attached hydrogens (tertiary/aromatic N) is 1. The van der Waals surface area contributed by atoms with E-state index in [1.807, 2.05) is 36.6 Å². The number of thioether (sulfide) groups is 1. The number of carbonyl (C=O) groups is 1. The summed E-state index contributed by atoms with van der Waals surface area (Å²) in [7, 11) is 0. The zero-order valence-electron chi connectivity index (χ0n) is 11.1. The molecule has 0 atom stereocenters. The van der Waals surface area contributed by atoms with Crippen molar-refractivity contribution in [1.82, 2.24) is 4.98 Å². The van der Waals surface area contributed by atoms with E-state index in [1.165, 1.54) is 23.1 Å². The van der Waals surface area contributed by atoms with Crippen molar-refractivity contribution in [2.24, 2.45) is 0 Å². The molecule has 6 heteroatoms. The molecule has 0 saturated heterocycles. The Labute approximate surface area is 129 Å². The largest absolute Gasteiger partial charge is 0.477 e. The SMILES string of the molecule is CSc1sc(C(=O)O)cc1-c1nc(-c2ccccc2)co1. The van der Waals surface area contributed by atoms with Crippen molar-refractivity contribution in [2.75, 3.05) is 6.26 Å². The van der Waals surface area contributed by atoms with Gasteiger partial charge in [-0.1, -0.05) is 30.3 Å². The van der Waals surface area contributed by atoms with E-state index in [1.54, 1.807) is 12.3 Å². The van der Waals surface area contributed by atoms with E-state index in [0.717, 1.165) is 21.0 Å². The van der Waals surface area contributed by atoms with Gasteiger partial charge in [-0.15, -0.1) is 23.1 Å². The van der Waals surface area contributed by atoms with Crippen molar-refractivity contribution < 1.29 is 14.3 Å². The fraction of sp³-hybridized carbons (Fsp3) is 0.0667. The Hall–Kier alpha value is -2.05. The van der Waals surface area contributed by atoms with Gasteiger partial charge < -0.3 is 9.52 Å². The maximum atomic E-state index is 11.1. The monoisotopic (exact) mass is 317 g/mol. The van der Waals surface area contributed by atoms with Crippen LogP contribution in [-0.4, -0.2) is 22.3 Å². The number of oxazole rings is 1. The van der Waals surface area contributed by atoms with Gasteiger partial charge in [-0.05, 0) is 12.3 Å². The molecule has 0 spiro atoms. The summed E-state index contributed by atoms with van der Waals surface area (Å²) in [6, 6.07) is 11.3. The van der Waals surface area contributed by atoms with Crippen molar-refractivity contribution in [2.45, 2.75) is 4.21 Å². The number of carboxylic acids is 1. The number of aromatic carboxylic acids is 1. The second kappa shape index (κ2) is 5.75. The molecule has 21 heavy (non-hydrogen) atoms. The molecular weight excluding hydrogens is 306 g/mol. The zero-order valence-corrected chi connectivity index (χ0v) is 12.7. The third-order valence-electron chi connectivity index (χ3n) is 2.90. The lowest BCUT2D eigenvalue weighted by molar-refractivity contribution is 0.0702. The van der Waals surface area contributed by atoms with Crippen molar-refractivity contribution in [1.29, 1.82) is 0 Å². The minimum absolute atomic E-state index is 0.286. The molecule has 0 saturated carbocycles. The van der Waals surface area contributed by atoms with Gasteiger partial charge in [0.1, 0.15) is 16.8 Å². The van der Waals surface area contributed by atoms with E-state index in [2.05, 4.69) is 4.98 Å². The molecule has 0 amide bonds. The third kappa shape index (κ3) is 2.72. The summed E-state index contributed by atoms with van der Waals surface area (Å²) in [5, 5.41) is 9.10. The number of hydrogen-bond donors (Lipinski definition) is 1. The summed E-state index contributed by atoms with van der Waals surface area (Å²) < 4.78 is 6.41. The van der Waals surface area contributed by atoms with Crippen molar-refractivity contribution in [3.8, 4) is 22.7 Å². The lowest BCUT2D eigenvalue weighted by Crippen LogP contribution is -1.89. The summed E-state index contributed by atoms with van der Waals surface area (Å²) in [6.45, 7) is 0. The van der Waals surface area contributed by atoms with Crippen LogP contribution in [0.3, 0.4) is 0 Å². The second-order valence-electron chi connectivity index (χ2n) is 4.22. The fourth-order valence-electron chi connectivity index (χ4n) is 1.92. The number of rotatable bonds is 4. The van der Waals surface area contributed by atoms with E-state index in [9.17, 15) is 4.79 Å². The highest BCUT2D eigenvalue weighted by Gasteiger charge is 2.18. The average Bonchev–Trinajstić information content (AvgIpc) is 3.14. The molecular formula is C15H11NO3S2. The molecule has 106 valence electrons. The number of benzene rings is 1. The molecule has 4 nitrogen and oxygen atoms in total. The minimum atomic E-state index is -0.934. The highest BCUT2D eigenvalue weighted by atomic mass is 32.2. The lowest BCUT2D eigenvalue weighted by Gasteiger charge is -1.94. The van der Waals surface area contributed by atoms with Crippen LogP contribution in [0.15, 0.2) is 51.3 Å². The second-order valence-corrected chi connectivity index (χ2v) is 6.35. The molecule has 0 bridgehead atoms. The molecule has 1 N–H and O–H groups in total. The summed E-state index contributed by atoms with van der Waals surface area (Å²) in [5.74, 6) is -0.488. The van der Waals surface area contributed by atoms with Crippen LogP contribution >= 0.6 is 23.1 Å². The molecule has 2 aromatic heterocycles. The van der Waals surface area contributed by atoms with Crippen molar-refractivity contribution in [3.05, 3.63) is 47.5 Å². The smallest absolute Gasteiger partial charge is 0.345 e. The van der Waals surface area contributed by atoms with Gasteiger partial charge in [-0.25, -0.2) is 9.78 Å². The summed E-state index contributed by atoms with van der Waals surface area (Å²) in [5.41, 5.74) is 2.43. The summed E-state index contributed by atoms with van der Waals surface area (Å²) >= 11 is 2.72. The minimum Gasteiger partial charge on any atom is -0.477 e. The van der Waals surface area contributed by atoms with Crippen LogP contribution in [0.25, 0.3) is 22.7 Å².